The number of hydrogen-bond donors (Lipinski definition) is 0. The molecule has 110 valence electrons. The van der Waals surface area contributed by atoms with Gasteiger partial charge in [0.05, 0.1) is 0 Å². The van der Waals surface area contributed by atoms with Crippen LogP contribution in [-0.4, -0.2) is 20.2 Å². The van der Waals surface area contributed by atoms with Crippen LogP contribution in [0, 0.1) is 17.8 Å². The minimum absolute atomic E-state index is 0.0169. The number of hydrogen-bond acceptors (Lipinski definition) is 4. The summed E-state index contributed by atoms with van der Waals surface area (Å²) in [6.45, 7) is 10.7. The third kappa shape index (κ3) is 4.92. The molecule has 0 aromatic heterocycles. The van der Waals surface area contributed by atoms with E-state index >= 15 is 0 Å². The Bertz CT molecular complexity index is 439. The van der Waals surface area contributed by atoms with E-state index in [1.165, 1.54) is 20.6 Å². The van der Waals surface area contributed by atoms with Gasteiger partial charge in [-0.1, -0.05) is 0 Å². The molecule has 0 unspecified atom stereocenters. The molecule has 4 nitrogen and oxygen atoms in total. The van der Waals surface area contributed by atoms with Crippen LogP contribution in [0.4, 0.5) is 0 Å². The Morgan fingerprint density at radius 1 is 1.15 bits per heavy atom. The fraction of sp³-hybridized carbons (Fsp3) is 0.533. The van der Waals surface area contributed by atoms with Crippen LogP contribution in [0.1, 0.15) is 34.6 Å². The molecule has 0 aromatic rings. The summed E-state index contributed by atoms with van der Waals surface area (Å²) < 4.78 is 6.41. The quantitative estimate of drug-likeness (QED) is 0.557. The van der Waals surface area contributed by atoms with Crippen molar-refractivity contribution in [2.24, 2.45) is 5.41 Å². The molecule has 0 N–H and O–H groups in total. The van der Waals surface area contributed by atoms with Crippen molar-refractivity contribution in [3.8, 4) is 12.3 Å². The maximum absolute atomic E-state index is 11.0. The molecule has 0 bridgehead atoms. The van der Waals surface area contributed by atoms with Crippen molar-refractivity contribution < 1.29 is 37.9 Å². The van der Waals surface area contributed by atoms with Crippen molar-refractivity contribution in [1.82, 2.24) is 0 Å². The molecule has 0 fully saturated rings. The zero-order valence-corrected chi connectivity index (χ0v) is 14.8. The van der Waals surface area contributed by atoms with E-state index in [-0.39, 0.29) is 5.41 Å². The Balaban J connectivity index is 0. The molecule has 0 saturated heterocycles. The van der Waals surface area contributed by atoms with Crippen molar-refractivity contribution in [3.63, 3.8) is 0 Å². The summed E-state index contributed by atoms with van der Waals surface area (Å²) in [7, 11) is 1.50. The summed E-state index contributed by atoms with van der Waals surface area (Å²) in [5, 5.41) is 16.5. The van der Waals surface area contributed by atoms with Crippen LogP contribution < -0.4 is 10.2 Å². The molecule has 1 aliphatic carbocycles. The maximum Gasteiger partial charge on any atom is -0.153 e. The summed E-state index contributed by atoms with van der Waals surface area (Å²) in [5.41, 5.74) is 3.97. The Morgan fingerprint density at radius 2 is 1.60 bits per heavy atom. The first-order valence-corrected chi connectivity index (χ1v) is 7.39. The number of rotatable bonds is 2. The first-order valence-electron chi connectivity index (χ1n) is 5.97. The van der Waals surface area contributed by atoms with E-state index in [0.717, 1.165) is 14.2 Å². The molecular weight excluding hydrogens is 292 g/mol. The van der Waals surface area contributed by atoms with Crippen molar-refractivity contribution in [1.29, 1.82) is 0 Å². The molecule has 0 saturated carbocycles. The van der Waals surface area contributed by atoms with E-state index in [4.69, 9.17) is 20.0 Å². The van der Waals surface area contributed by atoms with Gasteiger partial charge in [0.1, 0.15) is 0 Å². The van der Waals surface area contributed by atoms with Crippen LogP contribution in [0.15, 0.2) is 20.6 Å². The number of terminal acetylenes is 1. The second kappa shape index (κ2) is 9.96. The Hall–Kier alpha value is -0.856. The van der Waals surface area contributed by atoms with E-state index in [2.05, 4.69) is 34.6 Å². The van der Waals surface area contributed by atoms with Gasteiger partial charge in [-0.2, -0.15) is 14.2 Å². The van der Waals surface area contributed by atoms with Gasteiger partial charge >= 0.3 is 107 Å². The molecule has 1 rings (SSSR count). The summed E-state index contributed by atoms with van der Waals surface area (Å²) >= 11 is -0.907. The fourth-order valence-corrected chi connectivity index (χ4v) is 3.54. The average molecular weight is 314 g/mol. The van der Waals surface area contributed by atoms with E-state index in [9.17, 15) is 4.79 Å². The predicted molar refractivity (Wildman–Crippen MR) is 71.6 cm³/mol. The van der Waals surface area contributed by atoms with Gasteiger partial charge in [-0.15, -0.1) is 0 Å². The van der Waals surface area contributed by atoms with Gasteiger partial charge in [0.2, 0.25) is 0 Å². The van der Waals surface area contributed by atoms with Crippen LogP contribution in [0.2, 0.25) is 0 Å². The van der Waals surface area contributed by atoms with Gasteiger partial charge in [0.15, 0.2) is 0 Å². The van der Waals surface area contributed by atoms with E-state index in [0.29, 0.717) is 0 Å². The van der Waals surface area contributed by atoms with Crippen molar-refractivity contribution >= 4 is 5.97 Å². The molecule has 0 heterocycles. The van der Waals surface area contributed by atoms with E-state index < -0.39 is 25.5 Å². The van der Waals surface area contributed by atoms with Crippen LogP contribution in [0.3, 0.4) is 0 Å². The van der Waals surface area contributed by atoms with E-state index in [1.807, 2.05) is 5.92 Å². The maximum atomic E-state index is 11.0. The summed E-state index contributed by atoms with van der Waals surface area (Å²) in [6.07, 6.45) is 4.98. The number of carbonyl (C=O) groups is 1. The third-order valence-corrected chi connectivity index (χ3v) is 5.76. The van der Waals surface area contributed by atoms with Gasteiger partial charge < -0.3 is 10.2 Å². The molecule has 0 spiro atoms. The van der Waals surface area contributed by atoms with Crippen molar-refractivity contribution in [3.05, 3.63) is 20.6 Å². The number of carbonyl (C=O) groups excluding carboxylic acids is 1. The second-order valence-electron chi connectivity index (χ2n) is 4.51. The average Bonchev–Trinajstić information content (AvgIpc) is 2.62. The molecule has 0 aromatic carbocycles. The zero-order valence-electron chi connectivity index (χ0n) is 13.2. The molecule has 1 aliphatic rings. The fourth-order valence-electron chi connectivity index (χ4n) is 1.92. The normalized spacial score (nSPS) is 15.2. The Morgan fingerprint density at radius 3 is 1.90 bits per heavy atom. The largest absolute Gasteiger partial charge is 0.857 e. The summed E-state index contributed by atoms with van der Waals surface area (Å²) in [5.74, 6) is 1.44. The minimum Gasteiger partial charge on any atom is -0.857 e. The molecule has 20 heavy (non-hydrogen) atoms. The summed E-state index contributed by atoms with van der Waals surface area (Å²) in [4.78, 5) is 11.0. The van der Waals surface area contributed by atoms with Crippen LogP contribution in [0.5, 0.6) is 0 Å². The second-order valence-corrected chi connectivity index (χ2v) is 5.93. The van der Waals surface area contributed by atoms with Crippen LogP contribution in [0.25, 0.3) is 0 Å². The number of allylic oxidation sites excluding steroid dienone is 4. The molecule has 0 atom stereocenters. The van der Waals surface area contributed by atoms with Gasteiger partial charge in [-0.3, -0.25) is 0 Å². The Labute approximate surface area is 131 Å². The first-order chi connectivity index (χ1) is 9.32. The van der Waals surface area contributed by atoms with Gasteiger partial charge in [0.25, 0.3) is 0 Å². The minimum atomic E-state index is -0.907. The van der Waals surface area contributed by atoms with Gasteiger partial charge in [0, 0.05) is 0 Å². The van der Waals surface area contributed by atoms with Crippen LogP contribution in [-0.2, 0) is 27.7 Å². The standard InChI is InChI=1S/C10H15.C3H2O2.2CH3O.Ti/c1-7-6-10(4,5)9(3)8(7)2;1-2-3(4)5;2*1-2;/h1-5H3;1H,(H,4,5);2*1H3;/q;;2*-1;+3/p-1. The summed E-state index contributed by atoms with van der Waals surface area (Å²) in [6, 6.07) is 0. The van der Waals surface area contributed by atoms with Gasteiger partial charge in [-0.25, -0.2) is 0 Å². The Kier molecular flexibility index (Phi) is 10.7. The van der Waals surface area contributed by atoms with E-state index in [1.54, 1.807) is 0 Å². The third-order valence-electron chi connectivity index (χ3n) is 3.43. The molecule has 5 heteroatoms. The van der Waals surface area contributed by atoms with Crippen molar-refractivity contribution in [2.45, 2.75) is 34.6 Å². The van der Waals surface area contributed by atoms with Gasteiger partial charge in [-0.05, 0) is 0 Å². The topological polar surface area (TPSA) is 72.4 Å². The molecule has 0 amide bonds. The molecule has 0 aliphatic heterocycles. The van der Waals surface area contributed by atoms with Crippen molar-refractivity contribution in [2.75, 3.05) is 14.2 Å². The molecular formula is C15H22O4Ti. The SMILES string of the molecule is C#CC(=O)[O][Ti+2][C]1=C(C)C(C)=C(C)C1(C)C.C[O-].C[O-]. The van der Waals surface area contributed by atoms with Crippen LogP contribution >= 0.6 is 0 Å². The zero-order chi connectivity index (χ0) is 16.5. The monoisotopic (exact) mass is 314 g/mol. The predicted octanol–water partition coefficient (Wildman–Crippen LogP) is 0.763. The smallest absolute Gasteiger partial charge is 0.153 e. The first kappa shape index (κ1) is 21.4. The molecule has 0 radical (unpaired) electrons.